The van der Waals surface area contributed by atoms with Gasteiger partial charge in [0.25, 0.3) is 5.91 Å². The molecule has 32 heavy (non-hydrogen) atoms. The summed E-state index contributed by atoms with van der Waals surface area (Å²) < 4.78 is 35.0. The molecule has 4 rings (SSSR count). The maximum Gasteiger partial charge on any atom is 0.258 e. The molecule has 8 heteroatoms. The number of amides is 1. The Morgan fingerprint density at radius 2 is 1.88 bits per heavy atom. The number of anilines is 1. The second-order valence-corrected chi connectivity index (χ2v) is 10.3. The fraction of sp³-hybridized carbons (Fsp3) is 0.208. The largest absolute Gasteiger partial charge is 0.495 e. The molecule has 3 aromatic rings. The van der Waals surface area contributed by atoms with E-state index in [0.717, 1.165) is 27.7 Å². The van der Waals surface area contributed by atoms with Gasteiger partial charge in [-0.2, -0.15) is 0 Å². The number of carbonyl (C=O) groups excluding carboxylic acids is 1. The van der Waals surface area contributed by atoms with Gasteiger partial charge >= 0.3 is 0 Å². The molecule has 0 aromatic heterocycles. The Morgan fingerprint density at radius 3 is 2.59 bits per heavy atom. The van der Waals surface area contributed by atoms with Gasteiger partial charge in [0.15, 0.2) is 0 Å². The zero-order chi connectivity index (χ0) is 22.9. The molecule has 1 N–H and O–H groups in total. The molecule has 0 bridgehead atoms. The number of nitrogens with one attached hydrogen (secondary N) is 1. The highest BCUT2D eigenvalue weighted by Crippen LogP contribution is 2.36. The van der Waals surface area contributed by atoms with Crippen molar-refractivity contribution < 1.29 is 17.9 Å². The van der Waals surface area contributed by atoms with Crippen LogP contribution in [-0.2, 0) is 23.0 Å². The van der Waals surface area contributed by atoms with Crippen LogP contribution in [0.4, 0.5) is 5.69 Å². The normalized spacial score (nSPS) is 15.5. The number of sulfonamides is 1. The van der Waals surface area contributed by atoms with Crippen LogP contribution in [0.25, 0.3) is 0 Å². The minimum absolute atomic E-state index is 0.0369. The van der Waals surface area contributed by atoms with Crippen molar-refractivity contribution in [3.05, 3.63) is 87.9 Å². The summed E-state index contributed by atoms with van der Waals surface area (Å²) in [6.45, 7) is 2.12. The smallest absolute Gasteiger partial charge is 0.258 e. The minimum atomic E-state index is -3.91. The quantitative estimate of drug-likeness (QED) is 0.524. The van der Waals surface area contributed by atoms with E-state index >= 15 is 0 Å². The van der Waals surface area contributed by atoms with Crippen molar-refractivity contribution in [1.82, 2.24) is 4.72 Å². The van der Waals surface area contributed by atoms with E-state index in [-0.39, 0.29) is 34.7 Å². The van der Waals surface area contributed by atoms with Crippen molar-refractivity contribution in [3.63, 3.8) is 0 Å². The Labute approximate surface area is 196 Å². The molecule has 0 radical (unpaired) electrons. The van der Waals surface area contributed by atoms with Crippen molar-refractivity contribution in [2.45, 2.75) is 30.8 Å². The van der Waals surface area contributed by atoms with Gasteiger partial charge in [0.05, 0.1) is 7.11 Å². The molecule has 1 unspecified atom stereocenters. The number of nitrogens with zero attached hydrogens (tertiary/aromatic N) is 1. The van der Waals surface area contributed by atoms with Crippen LogP contribution in [0.1, 0.15) is 28.4 Å². The zero-order valence-corrected chi connectivity index (χ0v) is 20.1. The van der Waals surface area contributed by atoms with E-state index in [2.05, 4.69) is 20.7 Å². The Morgan fingerprint density at radius 1 is 1.12 bits per heavy atom. The third-order valence-corrected chi connectivity index (χ3v) is 7.40. The van der Waals surface area contributed by atoms with E-state index < -0.39 is 10.0 Å². The highest BCUT2D eigenvalue weighted by Gasteiger charge is 2.32. The van der Waals surface area contributed by atoms with E-state index in [4.69, 9.17) is 4.74 Å². The number of fused-ring (bicyclic) bond motifs is 1. The summed E-state index contributed by atoms with van der Waals surface area (Å²) in [7, 11) is -2.51. The van der Waals surface area contributed by atoms with E-state index in [1.807, 2.05) is 55.5 Å². The Kier molecular flexibility index (Phi) is 6.37. The molecule has 6 nitrogen and oxygen atoms in total. The molecule has 0 aliphatic carbocycles. The van der Waals surface area contributed by atoms with Crippen LogP contribution in [0.2, 0.25) is 0 Å². The fourth-order valence-corrected chi connectivity index (χ4v) is 5.54. The molecular formula is C24H23BrN2O4S. The van der Waals surface area contributed by atoms with Gasteiger partial charge in [-0.1, -0.05) is 46.3 Å². The highest BCUT2D eigenvalue weighted by molar-refractivity contribution is 9.10. The minimum Gasteiger partial charge on any atom is -0.495 e. The maximum atomic E-state index is 13.4. The number of methoxy groups -OCH3 is 1. The number of hydrogen-bond donors (Lipinski definition) is 1. The standard InChI is InChI=1S/C24H23BrN2O4S/c1-16-12-19-13-20(25)9-10-21(19)27(16)24(28)18-8-11-22(31-2)23(14-18)32(29,30)26-15-17-6-4-3-5-7-17/h3-11,13-14,16,26H,12,15H2,1-2H3. The summed E-state index contributed by atoms with van der Waals surface area (Å²) in [6, 6.07) is 19.5. The van der Waals surface area contributed by atoms with Crippen molar-refractivity contribution in [1.29, 1.82) is 0 Å². The first kappa shape index (κ1) is 22.5. The molecular weight excluding hydrogens is 492 g/mol. The lowest BCUT2D eigenvalue weighted by atomic mass is 10.1. The van der Waals surface area contributed by atoms with Gasteiger partial charge < -0.3 is 9.64 Å². The highest BCUT2D eigenvalue weighted by atomic mass is 79.9. The molecule has 1 amide bonds. The summed E-state index contributed by atoms with van der Waals surface area (Å²) in [6.07, 6.45) is 0.737. The van der Waals surface area contributed by atoms with E-state index in [1.165, 1.54) is 19.2 Å². The third-order valence-electron chi connectivity index (χ3n) is 5.49. The van der Waals surface area contributed by atoms with Gasteiger partial charge in [-0.25, -0.2) is 13.1 Å². The molecule has 0 saturated heterocycles. The van der Waals surface area contributed by atoms with Crippen molar-refractivity contribution in [2.24, 2.45) is 0 Å². The van der Waals surface area contributed by atoms with Crippen LogP contribution in [-0.4, -0.2) is 27.5 Å². The van der Waals surface area contributed by atoms with E-state index in [9.17, 15) is 13.2 Å². The average molecular weight is 515 g/mol. The Hall–Kier alpha value is -2.68. The van der Waals surface area contributed by atoms with Crippen LogP contribution in [0.5, 0.6) is 5.75 Å². The fourth-order valence-electron chi connectivity index (χ4n) is 3.92. The molecule has 1 aliphatic heterocycles. The SMILES string of the molecule is COc1ccc(C(=O)N2c3ccc(Br)cc3CC2C)cc1S(=O)(=O)NCc1ccccc1. The van der Waals surface area contributed by atoms with Gasteiger partial charge in [0.1, 0.15) is 10.6 Å². The first-order valence-corrected chi connectivity index (χ1v) is 12.4. The van der Waals surface area contributed by atoms with Crippen molar-refractivity contribution in [2.75, 3.05) is 12.0 Å². The van der Waals surface area contributed by atoms with Crippen LogP contribution >= 0.6 is 15.9 Å². The first-order valence-electron chi connectivity index (χ1n) is 10.1. The molecule has 1 heterocycles. The summed E-state index contributed by atoms with van der Waals surface area (Å²) in [5.74, 6) is -0.0679. The Balaban J connectivity index is 1.65. The predicted octanol–water partition coefficient (Wildman–Crippen LogP) is 4.53. The molecule has 0 saturated carbocycles. The number of ether oxygens (including phenoxy) is 1. The van der Waals surface area contributed by atoms with Crippen LogP contribution in [0.15, 0.2) is 76.1 Å². The average Bonchev–Trinajstić information content (AvgIpc) is 3.12. The van der Waals surface area contributed by atoms with Crippen molar-refractivity contribution >= 4 is 37.5 Å². The van der Waals surface area contributed by atoms with Crippen molar-refractivity contribution in [3.8, 4) is 5.75 Å². The monoisotopic (exact) mass is 514 g/mol. The van der Waals surface area contributed by atoms with E-state index in [0.29, 0.717) is 0 Å². The predicted molar refractivity (Wildman–Crippen MR) is 128 cm³/mol. The number of hydrogen-bond acceptors (Lipinski definition) is 4. The van der Waals surface area contributed by atoms with Crippen LogP contribution in [0.3, 0.4) is 0 Å². The summed E-state index contributed by atoms with van der Waals surface area (Å²) >= 11 is 3.47. The molecule has 3 aromatic carbocycles. The lowest BCUT2D eigenvalue weighted by Gasteiger charge is -2.23. The van der Waals surface area contributed by atoms with Crippen LogP contribution in [0, 0.1) is 0 Å². The number of halogens is 1. The molecule has 1 atom stereocenters. The van der Waals surface area contributed by atoms with Gasteiger partial charge in [-0.15, -0.1) is 0 Å². The van der Waals surface area contributed by atoms with Gasteiger partial charge in [-0.05, 0) is 60.9 Å². The van der Waals surface area contributed by atoms with Gasteiger partial charge in [0, 0.05) is 28.3 Å². The summed E-state index contributed by atoms with van der Waals surface area (Å²) in [4.78, 5) is 15.1. The lowest BCUT2D eigenvalue weighted by molar-refractivity contribution is 0.0981. The lowest BCUT2D eigenvalue weighted by Crippen LogP contribution is -2.36. The zero-order valence-electron chi connectivity index (χ0n) is 17.7. The second-order valence-electron chi connectivity index (χ2n) is 7.68. The van der Waals surface area contributed by atoms with Gasteiger partial charge in [0.2, 0.25) is 10.0 Å². The maximum absolute atomic E-state index is 13.4. The molecule has 0 fully saturated rings. The third kappa shape index (κ3) is 4.44. The topological polar surface area (TPSA) is 75.7 Å². The number of carbonyl (C=O) groups is 1. The number of rotatable bonds is 6. The summed E-state index contributed by atoms with van der Waals surface area (Å²) in [5, 5.41) is 0. The molecule has 166 valence electrons. The van der Waals surface area contributed by atoms with Crippen LogP contribution < -0.4 is 14.4 Å². The first-order chi connectivity index (χ1) is 15.3. The van der Waals surface area contributed by atoms with E-state index in [1.54, 1.807) is 11.0 Å². The van der Waals surface area contributed by atoms with Gasteiger partial charge in [-0.3, -0.25) is 4.79 Å². The molecule has 1 aliphatic rings. The second kappa shape index (κ2) is 9.05. The summed E-state index contributed by atoms with van der Waals surface area (Å²) in [5.41, 5.74) is 3.03. The number of benzene rings is 3. The molecule has 0 spiro atoms. The Bertz CT molecular complexity index is 1260.